The maximum absolute atomic E-state index is 13.3. The van der Waals surface area contributed by atoms with E-state index in [2.05, 4.69) is 5.10 Å². The number of aromatic nitrogens is 2. The van der Waals surface area contributed by atoms with E-state index in [-0.39, 0.29) is 29.9 Å². The zero-order valence-corrected chi connectivity index (χ0v) is 19.4. The minimum Gasteiger partial charge on any atom is -0.378 e. The average molecular weight is 434 g/mol. The molecule has 1 aliphatic rings. The number of carbonyl (C=O) groups excluding carboxylic acids is 1. The van der Waals surface area contributed by atoms with Crippen LogP contribution >= 0.6 is 0 Å². The number of piperazine rings is 1. The number of carbonyl (C=O) groups is 1. The summed E-state index contributed by atoms with van der Waals surface area (Å²) >= 11 is 0. The first-order valence-electron chi connectivity index (χ1n) is 10.2. The largest absolute Gasteiger partial charge is 0.378 e. The predicted octanol–water partition coefficient (Wildman–Crippen LogP) is 2.29. The molecule has 0 radical (unpaired) electrons. The third-order valence-corrected chi connectivity index (χ3v) is 7.65. The Morgan fingerprint density at radius 3 is 2.07 bits per heavy atom. The molecule has 1 saturated heterocycles. The maximum atomic E-state index is 13.3. The van der Waals surface area contributed by atoms with Crippen molar-refractivity contribution in [3.05, 3.63) is 41.2 Å². The molecule has 0 aliphatic carbocycles. The van der Waals surface area contributed by atoms with Crippen LogP contribution in [-0.4, -0.2) is 73.6 Å². The van der Waals surface area contributed by atoms with Gasteiger partial charge in [-0.2, -0.15) is 9.40 Å². The molecule has 1 aliphatic heterocycles. The number of amides is 1. The van der Waals surface area contributed by atoms with Gasteiger partial charge in [0.15, 0.2) is 0 Å². The highest BCUT2D eigenvalue weighted by Gasteiger charge is 2.34. The highest BCUT2D eigenvalue weighted by molar-refractivity contribution is 7.89. The van der Waals surface area contributed by atoms with Crippen molar-refractivity contribution in [3.8, 4) is 0 Å². The lowest BCUT2D eigenvalue weighted by Gasteiger charge is -2.34. The standard InChI is InChI=1S/C21H31N5O3S/c1-15(2)26-17(4)20(16(3)22-26)30(28,29)25-13-11-24(12-14-25)21(27)18-7-9-19(10-8-18)23(5)6/h7-10,15H,11-14H2,1-6H3. The third kappa shape index (κ3) is 4.09. The minimum absolute atomic E-state index is 0.0719. The van der Waals surface area contributed by atoms with Crippen LogP contribution < -0.4 is 4.90 Å². The molecule has 0 N–H and O–H groups in total. The normalized spacial score (nSPS) is 15.6. The fourth-order valence-electron chi connectivity index (χ4n) is 3.87. The highest BCUT2D eigenvalue weighted by Crippen LogP contribution is 2.26. The first-order valence-corrected chi connectivity index (χ1v) is 11.6. The van der Waals surface area contributed by atoms with Crippen molar-refractivity contribution >= 4 is 21.6 Å². The van der Waals surface area contributed by atoms with Crippen molar-refractivity contribution < 1.29 is 13.2 Å². The topological polar surface area (TPSA) is 78.8 Å². The summed E-state index contributed by atoms with van der Waals surface area (Å²) < 4.78 is 29.8. The van der Waals surface area contributed by atoms with Crippen LogP contribution in [0, 0.1) is 13.8 Å². The van der Waals surface area contributed by atoms with Gasteiger partial charge in [-0.15, -0.1) is 0 Å². The summed E-state index contributed by atoms with van der Waals surface area (Å²) in [4.78, 5) is 16.8. The Balaban J connectivity index is 1.73. The van der Waals surface area contributed by atoms with Gasteiger partial charge < -0.3 is 9.80 Å². The molecule has 0 atom stereocenters. The van der Waals surface area contributed by atoms with E-state index in [1.165, 1.54) is 4.31 Å². The van der Waals surface area contributed by atoms with E-state index in [9.17, 15) is 13.2 Å². The number of benzene rings is 1. The Labute approximate surface area is 179 Å². The van der Waals surface area contributed by atoms with E-state index in [4.69, 9.17) is 0 Å². The average Bonchev–Trinajstić information content (AvgIpc) is 3.02. The molecule has 1 aromatic heterocycles. The van der Waals surface area contributed by atoms with Gasteiger partial charge in [-0.3, -0.25) is 9.48 Å². The molecule has 0 unspecified atom stereocenters. The molecular weight excluding hydrogens is 402 g/mol. The van der Waals surface area contributed by atoms with Crippen molar-refractivity contribution in [2.45, 2.75) is 38.6 Å². The molecule has 2 aromatic rings. The second-order valence-electron chi connectivity index (χ2n) is 8.18. The Kier molecular flexibility index (Phi) is 6.24. The Morgan fingerprint density at radius 1 is 1.03 bits per heavy atom. The third-order valence-electron chi connectivity index (χ3n) is 5.50. The molecule has 3 rings (SSSR count). The van der Waals surface area contributed by atoms with Crippen molar-refractivity contribution in [1.82, 2.24) is 19.0 Å². The summed E-state index contributed by atoms with van der Waals surface area (Å²) in [6, 6.07) is 7.53. The number of anilines is 1. The van der Waals surface area contributed by atoms with Gasteiger partial charge >= 0.3 is 0 Å². The van der Waals surface area contributed by atoms with Crippen LogP contribution in [0.15, 0.2) is 29.2 Å². The monoisotopic (exact) mass is 433 g/mol. The van der Waals surface area contributed by atoms with E-state index in [1.54, 1.807) is 23.4 Å². The smallest absolute Gasteiger partial charge is 0.253 e. The lowest BCUT2D eigenvalue weighted by Crippen LogP contribution is -2.50. The van der Waals surface area contributed by atoms with Gasteiger partial charge in [0.2, 0.25) is 10.0 Å². The minimum atomic E-state index is -3.66. The summed E-state index contributed by atoms with van der Waals surface area (Å²) in [7, 11) is 0.240. The van der Waals surface area contributed by atoms with Crippen LogP contribution in [0.25, 0.3) is 0 Å². The van der Waals surface area contributed by atoms with Gasteiger partial charge in [0.25, 0.3) is 5.91 Å². The number of aryl methyl sites for hydroxylation is 1. The van der Waals surface area contributed by atoms with Crippen molar-refractivity contribution in [2.75, 3.05) is 45.2 Å². The second-order valence-corrected chi connectivity index (χ2v) is 10.1. The Morgan fingerprint density at radius 2 is 1.60 bits per heavy atom. The van der Waals surface area contributed by atoms with Gasteiger partial charge in [0.1, 0.15) is 4.90 Å². The predicted molar refractivity (Wildman–Crippen MR) is 118 cm³/mol. The summed E-state index contributed by atoms with van der Waals surface area (Å²) in [5, 5.41) is 4.42. The van der Waals surface area contributed by atoms with Crippen LogP contribution in [0.4, 0.5) is 5.69 Å². The second kappa shape index (κ2) is 8.39. The van der Waals surface area contributed by atoms with Crippen LogP contribution in [-0.2, 0) is 10.0 Å². The van der Waals surface area contributed by atoms with Gasteiger partial charge in [-0.05, 0) is 52.0 Å². The highest BCUT2D eigenvalue weighted by atomic mass is 32.2. The van der Waals surface area contributed by atoms with E-state index in [0.717, 1.165) is 5.69 Å². The quantitative estimate of drug-likeness (QED) is 0.723. The van der Waals surface area contributed by atoms with Crippen LogP contribution in [0.2, 0.25) is 0 Å². The molecular formula is C21H31N5O3S. The van der Waals surface area contributed by atoms with Gasteiger partial charge in [-0.1, -0.05) is 0 Å². The lowest BCUT2D eigenvalue weighted by molar-refractivity contribution is 0.0698. The molecule has 0 saturated carbocycles. The number of rotatable bonds is 5. The van der Waals surface area contributed by atoms with Crippen molar-refractivity contribution in [3.63, 3.8) is 0 Å². The molecule has 0 spiro atoms. The molecule has 164 valence electrons. The summed E-state index contributed by atoms with van der Waals surface area (Å²) in [6.07, 6.45) is 0. The first-order chi connectivity index (χ1) is 14.0. The fraction of sp³-hybridized carbons (Fsp3) is 0.524. The molecule has 0 bridgehead atoms. The number of nitrogens with zero attached hydrogens (tertiary/aromatic N) is 5. The van der Waals surface area contributed by atoms with Crippen molar-refractivity contribution in [2.24, 2.45) is 0 Å². The fourth-order valence-corrected chi connectivity index (χ4v) is 5.65. The summed E-state index contributed by atoms with van der Waals surface area (Å²) in [5.41, 5.74) is 2.81. The van der Waals surface area contributed by atoms with E-state index in [0.29, 0.717) is 30.0 Å². The van der Waals surface area contributed by atoms with Gasteiger partial charge in [-0.25, -0.2) is 8.42 Å². The first kappa shape index (κ1) is 22.3. The van der Waals surface area contributed by atoms with E-state index >= 15 is 0 Å². The van der Waals surface area contributed by atoms with Crippen molar-refractivity contribution in [1.29, 1.82) is 0 Å². The van der Waals surface area contributed by atoms with Gasteiger partial charge in [0, 0.05) is 57.6 Å². The molecule has 9 heteroatoms. The Bertz CT molecular complexity index is 1020. The molecule has 1 amide bonds. The summed E-state index contributed by atoms with van der Waals surface area (Å²) in [6.45, 7) is 8.76. The zero-order chi connectivity index (χ0) is 22.2. The number of hydrogen-bond donors (Lipinski definition) is 0. The molecule has 30 heavy (non-hydrogen) atoms. The summed E-state index contributed by atoms with van der Waals surface area (Å²) in [5.74, 6) is -0.0719. The van der Waals surface area contributed by atoms with E-state index in [1.807, 2.05) is 57.1 Å². The zero-order valence-electron chi connectivity index (χ0n) is 18.6. The SMILES string of the molecule is Cc1nn(C(C)C)c(C)c1S(=O)(=O)N1CCN(C(=O)c2ccc(N(C)C)cc2)CC1. The number of hydrogen-bond acceptors (Lipinski definition) is 5. The molecule has 1 aromatic carbocycles. The maximum Gasteiger partial charge on any atom is 0.253 e. The molecule has 8 nitrogen and oxygen atoms in total. The van der Waals surface area contributed by atoms with Crippen LogP contribution in [0.5, 0.6) is 0 Å². The number of sulfonamides is 1. The van der Waals surface area contributed by atoms with E-state index < -0.39 is 10.0 Å². The molecule has 1 fully saturated rings. The van der Waals surface area contributed by atoms with Crippen LogP contribution in [0.3, 0.4) is 0 Å². The Hall–Kier alpha value is -2.39. The lowest BCUT2D eigenvalue weighted by atomic mass is 10.1. The van der Waals surface area contributed by atoms with Crippen LogP contribution in [0.1, 0.15) is 41.6 Å². The van der Waals surface area contributed by atoms with Gasteiger partial charge in [0.05, 0.1) is 11.4 Å². The molecule has 2 heterocycles.